The van der Waals surface area contributed by atoms with E-state index in [2.05, 4.69) is 26.0 Å². The van der Waals surface area contributed by atoms with E-state index >= 15 is 0 Å². The molecule has 1 N–H and O–H groups in total. The van der Waals surface area contributed by atoms with Crippen LogP contribution < -0.4 is 0 Å². The molecular weight excluding hydrogens is 324 g/mol. The van der Waals surface area contributed by atoms with Gasteiger partial charge in [-0.2, -0.15) is 0 Å². The number of aliphatic hydroxyl groups excluding tert-OH is 1. The van der Waals surface area contributed by atoms with E-state index in [1.807, 2.05) is 0 Å². The highest BCUT2D eigenvalue weighted by molar-refractivity contribution is 5.66. The van der Waals surface area contributed by atoms with Gasteiger partial charge in [0, 0.05) is 13.3 Å². The predicted octanol–water partition coefficient (Wildman–Crippen LogP) is 4.80. The molecule has 3 heteroatoms. The highest BCUT2D eigenvalue weighted by Crippen LogP contribution is 2.66. The van der Waals surface area contributed by atoms with Gasteiger partial charge in [0.25, 0.3) is 0 Å². The highest BCUT2D eigenvalue weighted by Gasteiger charge is 2.57. The number of aliphatic hydroxyl groups is 1. The smallest absolute Gasteiger partial charge is 0.302 e. The van der Waals surface area contributed by atoms with Crippen LogP contribution in [-0.2, 0) is 9.53 Å². The van der Waals surface area contributed by atoms with E-state index in [9.17, 15) is 9.90 Å². The van der Waals surface area contributed by atoms with Gasteiger partial charge in [0.15, 0.2) is 0 Å². The topological polar surface area (TPSA) is 46.5 Å². The Morgan fingerprint density at radius 3 is 2.69 bits per heavy atom. The lowest BCUT2D eigenvalue weighted by molar-refractivity contribution is -0.148. The summed E-state index contributed by atoms with van der Waals surface area (Å²) in [6.45, 7) is 6.66. The number of esters is 1. The van der Waals surface area contributed by atoms with Gasteiger partial charge >= 0.3 is 5.97 Å². The third-order valence-corrected chi connectivity index (χ3v) is 8.58. The van der Waals surface area contributed by atoms with Gasteiger partial charge in [0.05, 0.1) is 6.61 Å². The van der Waals surface area contributed by atoms with Crippen molar-refractivity contribution in [2.45, 2.75) is 78.2 Å². The molecule has 4 rings (SSSR count). The minimum Gasteiger partial charge on any atom is -0.462 e. The Labute approximate surface area is 157 Å². The Morgan fingerprint density at radius 1 is 1.23 bits per heavy atom. The fraction of sp³-hybridized carbons (Fsp3) is 0.783. The number of ether oxygens (including phenoxy) is 1. The van der Waals surface area contributed by atoms with Gasteiger partial charge < -0.3 is 9.84 Å². The zero-order valence-electron chi connectivity index (χ0n) is 16.6. The van der Waals surface area contributed by atoms with Crippen LogP contribution in [0.2, 0.25) is 0 Å². The lowest BCUT2D eigenvalue weighted by Crippen LogP contribution is -2.49. The molecule has 6 atom stereocenters. The Morgan fingerprint density at radius 2 is 1.96 bits per heavy atom. The molecule has 26 heavy (non-hydrogen) atoms. The number of hydrogen-bond acceptors (Lipinski definition) is 3. The lowest BCUT2D eigenvalue weighted by Gasteiger charge is -2.57. The quantitative estimate of drug-likeness (QED) is 0.570. The molecule has 0 aliphatic heterocycles. The van der Waals surface area contributed by atoms with Crippen LogP contribution in [0.1, 0.15) is 72.1 Å². The van der Waals surface area contributed by atoms with Crippen LogP contribution in [0.3, 0.4) is 0 Å². The molecule has 3 nitrogen and oxygen atoms in total. The third kappa shape index (κ3) is 2.69. The van der Waals surface area contributed by atoms with Crippen LogP contribution in [0.15, 0.2) is 23.3 Å². The van der Waals surface area contributed by atoms with Crippen molar-refractivity contribution in [2.24, 2.45) is 28.6 Å². The van der Waals surface area contributed by atoms with Gasteiger partial charge in [-0.15, -0.1) is 0 Å². The Kier molecular flexibility index (Phi) is 4.58. The van der Waals surface area contributed by atoms with Crippen LogP contribution in [0.5, 0.6) is 0 Å². The van der Waals surface area contributed by atoms with Gasteiger partial charge in [-0.1, -0.05) is 37.1 Å². The van der Waals surface area contributed by atoms with Crippen molar-refractivity contribution < 1.29 is 14.6 Å². The number of fused-ring (bicyclic) bond motifs is 5. The summed E-state index contributed by atoms with van der Waals surface area (Å²) >= 11 is 0. The Bertz CT molecular complexity index is 648. The molecule has 144 valence electrons. The summed E-state index contributed by atoms with van der Waals surface area (Å²) in [6, 6.07) is 0. The fourth-order valence-corrected chi connectivity index (χ4v) is 7.26. The van der Waals surface area contributed by atoms with Crippen molar-refractivity contribution in [1.82, 2.24) is 0 Å². The zero-order valence-corrected chi connectivity index (χ0v) is 16.6. The van der Waals surface area contributed by atoms with Crippen molar-refractivity contribution >= 4 is 5.97 Å². The maximum absolute atomic E-state index is 11.4. The number of rotatable bonds is 2. The van der Waals surface area contributed by atoms with E-state index in [-0.39, 0.29) is 18.7 Å². The van der Waals surface area contributed by atoms with E-state index in [1.54, 1.807) is 5.57 Å². The van der Waals surface area contributed by atoms with Crippen LogP contribution in [0, 0.1) is 28.6 Å². The number of hydrogen-bond donors (Lipinski definition) is 1. The second-order valence-corrected chi connectivity index (χ2v) is 9.64. The molecule has 0 aromatic heterocycles. The summed E-state index contributed by atoms with van der Waals surface area (Å²) < 4.78 is 5.54. The average Bonchev–Trinajstić information content (AvgIpc) is 2.92. The van der Waals surface area contributed by atoms with E-state index in [0.717, 1.165) is 37.0 Å². The van der Waals surface area contributed by atoms with Gasteiger partial charge in [-0.3, -0.25) is 4.79 Å². The van der Waals surface area contributed by atoms with Crippen LogP contribution in [-0.4, -0.2) is 23.8 Å². The molecule has 0 saturated heterocycles. The molecule has 3 fully saturated rings. The molecule has 0 amide bonds. The molecule has 0 spiro atoms. The minimum absolute atomic E-state index is 0.0859. The van der Waals surface area contributed by atoms with E-state index < -0.39 is 0 Å². The summed E-state index contributed by atoms with van der Waals surface area (Å²) in [5, 5.41) is 9.42. The van der Waals surface area contributed by atoms with Gasteiger partial charge in [0.2, 0.25) is 0 Å². The molecule has 0 radical (unpaired) electrons. The van der Waals surface area contributed by atoms with Crippen LogP contribution >= 0.6 is 0 Å². The maximum Gasteiger partial charge on any atom is 0.302 e. The molecule has 0 aromatic carbocycles. The Hall–Kier alpha value is -1.09. The number of carbonyl (C=O) groups is 1. The standard InChI is InChI=1S/C23H34O3/c1-15(25)26-18-8-11-23(3)17(14-18)4-6-19-20-7-5-16(10-13-24)22(20,2)12-9-21(19)23/h4,10,18-21,24H,5-9,11-14H2,1-3H3/b16-10+/t18-,19+,20+,21+,22+,23-/m0/s1. The van der Waals surface area contributed by atoms with Gasteiger partial charge in [-0.25, -0.2) is 0 Å². The molecule has 0 heterocycles. The SMILES string of the molecule is CC(=O)O[C@H]1CC[C@@]2(C)C(=CC[C@H]3[C@H]2CC[C@]2(C)/C(=C/CO)CC[C@H]32)C1. The van der Waals surface area contributed by atoms with Crippen LogP contribution in [0.25, 0.3) is 0 Å². The average molecular weight is 359 g/mol. The van der Waals surface area contributed by atoms with Crippen molar-refractivity contribution in [2.75, 3.05) is 6.61 Å². The first-order chi connectivity index (χ1) is 12.4. The van der Waals surface area contributed by atoms with Crippen molar-refractivity contribution in [1.29, 1.82) is 0 Å². The molecule has 3 saturated carbocycles. The van der Waals surface area contributed by atoms with E-state index in [1.165, 1.54) is 44.6 Å². The number of carbonyl (C=O) groups excluding carboxylic acids is 1. The molecule has 4 aliphatic carbocycles. The minimum atomic E-state index is -0.143. The molecular formula is C23H34O3. The summed E-state index contributed by atoms with van der Waals surface area (Å²) in [7, 11) is 0. The summed E-state index contributed by atoms with van der Waals surface area (Å²) in [4.78, 5) is 11.4. The zero-order chi connectivity index (χ0) is 18.5. The first-order valence-corrected chi connectivity index (χ1v) is 10.6. The van der Waals surface area contributed by atoms with E-state index in [4.69, 9.17) is 4.74 Å². The summed E-state index contributed by atoms with van der Waals surface area (Å²) in [5.41, 5.74) is 3.68. The highest BCUT2D eigenvalue weighted by atomic mass is 16.5. The van der Waals surface area contributed by atoms with Crippen molar-refractivity contribution in [3.05, 3.63) is 23.3 Å². The number of allylic oxidation sites excluding steroid dienone is 2. The first-order valence-electron chi connectivity index (χ1n) is 10.6. The van der Waals surface area contributed by atoms with Crippen LogP contribution in [0.4, 0.5) is 0 Å². The first kappa shape index (κ1) is 18.3. The van der Waals surface area contributed by atoms with E-state index in [0.29, 0.717) is 10.8 Å². The Balaban J connectivity index is 1.59. The predicted molar refractivity (Wildman–Crippen MR) is 102 cm³/mol. The molecule has 0 unspecified atom stereocenters. The summed E-state index contributed by atoms with van der Waals surface area (Å²) in [6.07, 6.45) is 14.0. The molecule has 0 bridgehead atoms. The van der Waals surface area contributed by atoms with Crippen molar-refractivity contribution in [3.8, 4) is 0 Å². The van der Waals surface area contributed by atoms with Gasteiger partial charge in [0.1, 0.15) is 6.10 Å². The normalized spacial score (nSPS) is 46.2. The second kappa shape index (κ2) is 6.51. The third-order valence-electron chi connectivity index (χ3n) is 8.58. The fourth-order valence-electron chi connectivity index (χ4n) is 7.26. The maximum atomic E-state index is 11.4. The lowest BCUT2D eigenvalue weighted by atomic mass is 9.48. The summed E-state index contributed by atoms with van der Waals surface area (Å²) in [5.74, 6) is 2.17. The largest absolute Gasteiger partial charge is 0.462 e. The second-order valence-electron chi connectivity index (χ2n) is 9.64. The molecule has 4 aliphatic rings. The molecule has 0 aromatic rings. The monoisotopic (exact) mass is 358 g/mol. The van der Waals surface area contributed by atoms with Gasteiger partial charge in [-0.05, 0) is 73.5 Å². The van der Waals surface area contributed by atoms with Crippen molar-refractivity contribution in [3.63, 3.8) is 0 Å².